The summed E-state index contributed by atoms with van der Waals surface area (Å²) in [4.78, 5) is 29.9. The number of carbonyl (C=O) groups is 2. The number of fused-ring (bicyclic) bond motifs is 4. The van der Waals surface area contributed by atoms with Crippen molar-refractivity contribution < 1.29 is 32.1 Å². The Hall–Kier alpha value is -3.22. The summed E-state index contributed by atoms with van der Waals surface area (Å²) in [6, 6.07) is 10.3. The monoisotopic (exact) mass is 716 g/mol. The molecule has 6 atom stereocenters. The molecule has 1 saturated heterocycles. The van der Waals surface area contributed by atoms with Gasteiger partial charge in [0.1, 0.15) is 15.7 Å². The molecule has 2 aromatic carbocycles. The fourth-order valence-corrected chi connectivity index (χ4v) is 10.3. The molecule has 0 aromatic heterocycles. The molecule has 5 aliphatic rings. The maximum atomic E-state index is 14.2. The van der Waals surface area contributed by atoms with E-state index in [1.807, 2.05) is 19.1 Å². The quantitative estimate of drug-likeness (QED) is 0.350. The third-order valence-corrected chi connectivity index (χ3v) is 13.1. The number of amides is 3. The van der Waals surface area contributed by atoms with Crippen molar-refractivity contribution in [3.8, 4) is 5.75 Å². The fraction of sp³-hybridized carbons (Fsp3) is 0.556. The number of urea groups is 1. The van der Waals surface area contributed by atoms with Gasteiger partial charge in [-0.25, -0.2) is 17.8 Å². The lowest BCUT2D eigenvalue weighted by Gasteiger charge is -2.46. The second kappa shape index (κ2) is 13.2. The average molecular weight is 717 g/mol. The molecule has 49 heavy (non-hydrogen) atoms. The molecule has 264 valence electrons. The Morgan fingerprint density at radius 2 is 1.98 bits per heavy atom. The Balaban J connectivity index is 1.28. The Kier molecular flexibility index (Phi) is 9.19. The molecular formula is C36H43ClF2N4O5S. The summed E-state index contributed by atoms with van der Waals surface area (Å²) in [6.45, 7) is 2.17. The van der Waals surface area contributed by atoms with Crippen molar-refractivity contribution >= 4 is 39.1 Å². The number of hydrogen-bond acceptors (Lipinski definition) is 6. The maximum Gasteiger partial charge on any atom is 0.330 e. The summed E-state index contributed by atoms with van der Waals surface area (Å²) in [6.07, 6.45) is 9.42. The van der Waals surface area contributed by atoms with E-state index in [1.54, 1.807) is 25.3 Å². The van der Waals surface area contributed by atoms with Gasteiger partial charge in [-0.2, -0.15) is 0 Å². The smallest absolute Gasteiger partial charge is 0.330 e. The minimum absolute atomic E-state index is 0.109. The number of carbonyl (C=O) groups excluding carboxylic acids is 2. The molecule has 3 aliphatic heterocycles. The maximum absolute atomic E-state index is 14.2. The van der Waals surface area contributed by atoms with Crippen molar-refractivity contribution in [2.24, 2.45) is 22.1 Å². The molecule has 1 N–H and O–H groups in total. The van der Waals surface area contributed by atoms with Crippen LogP contribution in [0.5, 0.6) is 5.75 Å². The van der Waals surface area contributed by atoms with Crippen molar-refractivity contribution in [1.29, 1.82) is 0 Å². The highest BCUT2D eigenvalue weighted by Crippen LogP contribution is 2.47. The summed E-state index contributed by atoms with van der Waals surface area (Å²) in [7, 11) is -1.96. The van der Waals surface area contributed by atoms with Crippen molar-refractivity contribution in [3.63, 3.8) is 0 Å². The molecule has 2 aromatic rings. The van der Waals surface area contributed by atoms with Gasteiger partial charge in [0.2, 0.25) is 0 Å². The van der Waals surface area contributed by atoms with Crippen LogP contribution in [0, 0.1) is 17.8 Å². The molecule has 2 bridgehead atoms. The van der Waals surface area contributed by atoms with Gasteiger partial charge in [-0.3, -0.25) is 9.52 Å². The Bertz CT molecular complexity index is 1790. The number of benzene rings is 2. The summed E-state index contributed by atoms with van der Waals surface area (Å²) in [5, 5.41) is 0.714. The van der Waals surface area contributed by atoms with E-state index in [1.165, 1.54) is 11.1 Å². The number of nitrogens with zero attached hydrogens (tertiary/aromatic N) is 3. The number of methoxy groups -OCH3 is 1. The fourth-order valence-electron chi connectivity index (χ4n) is 8.22. The lowest BCUT2D eigenvalue weighted by molar-refractivity contribution is -0.109. The number of aryl methyl sites for hydroxylation is 1. The summed E-state index contributed by atoms with van der Waals surface area (Å²) >= 11 is 6.42. The standard InChI is InChI=1S/C36H43ClF2N4O5S/c1-23-5-3-7-31(47-2)28-11-8-26(28)17-42-19-35(14-4-6-24-15-27(37)10-12-29(24)35)22-48-32-13-9-25(16-30(32)42)33(44)40-49(46,18-23)41-34(45)43-20-36(38,39)21-43/h3,7,9-10,12-13,15-16,23,26,28,31H,4-6,8,11,14,17-22H2,1-2H3,(H,40,41,44,45,46)/b7-3-/t23-,26-,28+,31-,35-,49?/m0/s1. The number of ether oxygens (including phenoxy) is 2. The third-order valence-electron chi connectivity index (χ3n) is 10.9. The molecule has 0 radical (unpaired) electrons. The van der Waals surface area contributed by atoms with Gasteiger partial charge in [0.05, 0.1) is 37.2 Å². The van der Waals surface area contributed by atoms with Gasteiger partial charge in [-0.15, -0.1) is 4.36 Å². The minimum atomic E-state index is -3.68. The first-order valence-electron chi connectivity index (χ1n) is 17.1. The molecule has 3 amide bonds. The van der Waals surface area contributed by atoms with E-state index in [4.69, 9.17) is 21.1 Å². The van der Waals surface area contributed by atoms with Crippen LogP contribution in [-0.2, 0) is 26.5 Å². The highest BCUT2D eigenvalue weighted by Gasteiger charge is 2.47. The zero-order valence-electron chi connectivity index (χ0n) is 27.8. The summed E-state index contributed by atoms with van der Waals surface area (Å²) in [5.74, 6) is -2.83. The van der Waals surface area contributed by atoms with Crippen molar-refractivity contribution in [1.82, 2.24) is 9.62 Å². The van der Waals surface area contributed by atoms with Crippen LogP contribution in [0.2, 0.25) is 5.02 Å². The van der Waals surface area contributed by atoms with Crippen molar-refractivity contribution in [3.05, 3.63) is 70.3 Å². The molecule has 1 saturated carbocycles. The topological polar surface area (TPSA) is 101 Å². The molecule has 9 nitrogen and oxygen atoms in total. The number of halogens is 3. The van der Waals surface area contributed by atoms with Gasteiger partial charge in [0.25, 0.3) is 11.8 Å². The van der Waals surface area contributed by atoms with Crippen LogP contribution in [0.1, 0.15) is 60.5 Å². The Morgan fingerprint density at radius 1 is 1.16 bits per heavy atom. The van der Waals surface area contributed by atoms with Gasteiger partial charge in [0, 0.05) is 36.2 Å². The van der Waals surface area contributed by atoms with Crippen molar-refractivity contribution in [2.45, 2.75) is 62.9 Å². The van der Waals surface area contributed by atoms with Crippen LogP contribution < -0.4 is 14.4 Å². The van der Waals surface area contributed by atoms with Gasteiger partial charge < -0.3 is 19.3 Å². The molecular weight excluding hydrogens is 674 g/mol. The van der Waals surface area contributed by atoms with Crippen LogP contribution in [0.4, 0.5) is 19.3 Å². The number of rotatable bonds is 2. The van der Waals surface area contributed by atoms with E-state index in [9.17, 15) is 22.6 Å². The van der Waals surface area contributed by atoms with E-state index in [0.717, 1.165) is 49.2 Å². The van der Waals surface area contributed by atoms with Gasteiger partial charge >= 0.3 is 6.03 Å². The SMILES string of the molecule is CO[C@H]1/C=C\C[C@H](C)CS(=O)(NC(=O)N2CC(F)(F)C2)=NC(=O)c2ccc3c(c2)N(C[C@@H]2CC[C@H]21)C[C@@]1(CCCc2cc(Cl)ccc21)CO3. The van der Waals surface area contributed by atoms with E-state index in [2.05, 4.69) is 32.2 Å². The highest BCUT2D eigenvalue weighted by molar-refractivity contribution is 7.92. The van der Waals surface area contributed by atoms with Gasteiger partial charge in [0.15, 0.2) is 0 Å². The highest BCUT2D eigenvalue weighted by atomic mass is 35.5. The molecule has 13 heteroatoms. The minimum Gasteiger partial charge on any atom is -0.490 e. The summed E-state index contributed by atoms with van der Waals surface area (Å²) < 4.78 is 60.4. The molecule has 2 fully saturated rings. The van der Waals surface area contributed by atoms with Crippen LogP contribution >= 0.6 is 11.6 Å². The van der Waals surface area contributed by atoms with E-state index < -0.39 is 40.9 Å². The van der Waals surface area contributed by atoms with E-state index in [0.29, 0.717) is 42.2 Å². The summed E-state index contributed by atoms with van der Waals surface area (Å²) in [5.41, 5.74) is 3.14. The zero-order valence-corrected chi connectivity index (χ0v) is 29.4. The second-order valence-electron chi connectivity index (χ2n) is 14.6. The lowest BCUT2D eigenvalue weighted by Crippen LogP contribution is -2.61. The lowest BCUT2D eigenvalue weighted by atomic mass is 9.68. The first-order valence-corrected chi connectivity index (χ1v) is 19.2. The molecule has 7 rings (SSSR count). The predicted octanol–water partition coefficient (Wildman–Crippen LogP) is 6.63. The number of allylic oxidation sites excluding steroid dienone is 1. The van der Waals surface area contributed by atoms with Gasteiger partial charge in [-0.1, -0.05) is 36.7 Å². The first kappa shape index (κ1) is 34.2. The number of alkyl halides is 2. The number of hydrogen-bond donors (Lipinski definition) is 1. The molecule has 1 spiro atoms. The molecule has 1 unspecified atom stereocenters. The van der Waals surface area contributed by atoms with Crippen LogP contribution in [0.15, 0.2) is 52.9 Å². The number of likely N-dealkylation sites (tertiary alicyclic amines) is 1. The normalized spacial score (nSPS) is 33.0. The second-order valence-corrected chi connectivity index (χ2v) is 17.0. The third kappa shape index (κ3) is 6.93. The largest absolute Gasteiger partial charge is 0.490 e. The molecule has 3 heterocycles. The number of nitrogens with one attached hydrogen (secondary N) is 1. The van der Waals surface area contributed by atoms with Crippen LogP contribution in [0.25, 0.3) is 0 Å². The zero-order chi connectivity index (χ0) is 34.6. The van der Waals surface area contributed by atoms with E-state index in [-0.39, 0.29) is 28.8 Å². The first-order chi connectivity index (χ1) is 23.4. The van der Waals surface area contributed by atoms with Crippen LogP contribution in [0.3, 0.4) is 0 Å². The van der Waals surface area contributed by atoms with Crippen molar-refractivity contribution in [2.75, 3.05) is 50.5 Å². The predicted molar refractivity (Wildman–Crippen MR) is 185 cm³/mol. The van der Waals surface area contributed by atoms with Gasteiger partial charge in [-0.05, 0) is 97.7 Å². The Morgan fingerprint density at radius 3 is 2.71 bits per heavy atom. The molecule has 2 aliphatic carbocycles. The van der Waals surface area contributed by atoms with E-state index >= 15 is 0 Å². The number of anilines is 1. The van der Waals surface area contributed by atoms with Crippen LogP contribution in [-0.4, -0.2) is 78.7 Å². The Labute approximate surface area is 291 Å². The average Bonchev–Trinajstić information content (AvgIpc) is 3.17.